The molecule has 0 rings (SSSR count). The summed E-state index contributed by atoms with van der Waals surface area (Å²) in [5.41, 5.74) is 0. The van der Waals surface area contributed by atoms with Crippen molar-refractivity contribution in [2.45, 2.75) is 0 Å². The Kier molecular flexibility index (Phi) is 45.5. The van der Waals surface area contributed by atoms with Gasteiger partial charge in [-0.15, -0.1) is 0 Å². The third kappa shape index (κ3) is 88.8. The molecular formula is H10CaMgO5SSr. The smallest absolute Gasteiger partial charge is 1.00 e. The maximum absolute atomic E-state index is 8.74. The SMILES string of the molecule is O.O=S(=O)(O)O.[Ca+2].[H-].[H-].[H-].[H-].[H-].[H-].[Mg+2].[Sr+2]. The third-order valence-corrected chi connectivity index (χ3v) is 0. The standard InChI is InChI=1S/Ca.Mg.H2O4S.H2O.Sr.6H/c;;1-5(2,3)4;;;;;;;;/h;;(H2,1,2,3,4);1H2;;;;;;;/q2*+2;;;+2;6*-1. The molecule has 0 saturated heterocycles. The molecule has 0 aromatic carbocycles. The number of rotatable bonds is 0. The van der Waals surface area contributed by atoms with Crippen molar-refractivity contribution in [1.29, 1.82) is 0 Å². The molecular weight excluding hydrogens is 264 g/mol. The first kappa shape index (κ1) is 29.5. The van der Waals surface area contributed by atoms with Crippen molar-refractivity contribution in [2.24, 2.45) is 0 Å². The number of hydrogen-bond acceptors (Lipinski definition) is 2. The second kappa shape index (κ2) is 13.9. The molecule has 0 unspecified atom stereocenters. The van der Waals surface area contributed by atoms with Gasteiger partial charge in [-0.25, -0.2) is 0 Å². The van der Waals surface area contributed by atoms with E-state index in [1.165, 1.54) is 0 Å². The largest absolute Gasteiger partial charge is 2.00 e. The molecule has 0 aromatic rings. The Bertz CT molecular complexity index is 115. The van der Waals surface area contributed by atoms with Crippen molar-refractivity contribution >= 4 is 117 Å². The van der Waals surface area contributed by atoms with Gasteiger partial charge in [-0.1, -0.05) is 0 Å². The van der Waals surface area contributed by atoms with Crippen molar-refractivity contribution in [1.82, 2.24) is 0 Å². The molecule has 0 aromatic heterocycles. The Balaban J connectivity index is -0.00000000178. The van der Waals surface area contributed by atoms with Gasteiger partial charge in [0.2, 0.25) is 0 Å². The predicted molar refractivity (Wildman–Crippen MR) is 41.7 cm³/mol. The molecule has 0 spiro atoms. The first-order valence-electron chi connectivity index (χ1n) is 0.698. The van der Waals surface area contributed by atoms with Crippen molar-refractivity contribution in [3.63, 3.8) is 0 Å². The van der Waals surface area contributed by atoms with Crippen LogP contribution in [0.3, 0.4) is 0 Å². The molecule has 0 saturated carbocycles. The zero-order valence-corrected chi connectivity index (χ0v) is 12.7. The fourth-order valence-electron chi connectivity index (χ4n) is 0. The minimum Gasteiger partial charge on any atom is -1.00 e. The maximum atomic E-state index is 8.74. The van der Waals surface area contributed by atoms with Crippen molar-refractivity contribution in [3.05, 3.63) is 0 Å². The van der Waals surface area contributed by atoms with Crippen LogP contribution >= 0.6 is 0 Å². The molecule has 9 heteroatoms. The molecule has 9 heavy (non-hydrogen) atoms. The summed E-state index contributed by atoms with van der Waals surface area (Å²) in [4.78, 5) is 0. The molecule has 0 fully saturated rings. The third-order valence-electron chi connectivity index (χ3n) is 0. The van der Waals surface area contributed by atoms with Gasteiger partial charge < -0.3 is 14.0 Å². The first-order valence-corrected chi connectivity index (χ1v) is 2.10. The summed E-state index contributed by atoms with van der Waals surface area (Å²) in [5, 5.41) is 0. The Morgan fingerprint density at radius 3 is 1.22 bits per heavy atom. The van der Waals surface area contributed by atoms with Crippen LogP contribution in [0.15, 0.2) is 0 Å². The number of hydrogen-bond donors (Lipinski definition) is 2. The molecule has 0 bridgehead atoms. The van der Waals surface area contributed by atoms with E-state index in [0.29, 0.717) is 0 Å². The van der Waals surface area contributed by atoms with E-state index in [4.69, 9.17) is 17.5 Å². The topological polar surface area (TPSA) is 106 Å². The summed E-state index contributed by atoms with van der Waals surface area (Å²) in [6, 6.07) is 0. The van der Waals surface area contributed by atoms with Crippen LogP contribution < -0.4 is 0 Å². The first-order chi connectivity index (χ1) is 2.00. The molecule has 0 amide bonds. The van der Waals surface area contributed by atoms with Crippen LogP contribution in [-0.4, -0.2) is 129 Å². The molecule has 52 valence electrons. The molecule has 0 aliphatic rings. The van der Waals surface area contributed by atoms with Gasteiger partial charge in [0.25, 0.3) is 0 Å². The van der Waals surface area contributed by atoms with Gasteiger partial charge in [0, 0.05) is 0 Å². The van der Waals surface area contributed by atoms with E-state index in [1.807, 2.05) is 0 Å². The van der Waals surface area contributed by atoms with E-state index in [9.17, 15) is 0 Å². The van der Waals surface area contributed by atoms with Gasteiger partial charge in [0.1, 0.15) is 0 Å². The van der Waals surface area contributed by atoms with Gasteiger partial charge in [-0.2, -0.15) is 8.42 Å². The second-order valence-corrected chi connectivity index (χ2v) is 1.34. The van der Waals surface area contributed by atoms with Crippen LogP contribution in [0.5, 0.6) is 0 Å². The van der Waals surface area contributed by atoms with Crippen LogP contribution in [0, 0.1) is 0 Å². The van der Waals surface area contributed by atoms with Gasteiger partial charge >= 0.3 is 117 Å². The van der Waals surface area contributed by atoms with Crippen molar-refractivity contribution in [3.8, 4) is 0 Å². The van der Waals surface area contributed by atoms with E-state index in [2.05, 4.69) is 0 Å². The Hall–Kier alpha value is 3.34. The zero-order chi connectivity index (χ0) is 4.50. The Morgan fingerprint density at radius 1 is 1.22 bits per heavy atom. The van der Waals surface area contributed by atoms with Crippen LogP contribution in [0.25, 0.3) is 0 Å². The van der Waals surface area contributed by atoms with E-state index < -0.39 is 10.4 Å². The van der Waals surface area contributed by atoms with Crippen molar-refractivity contribution < 1.29 is 31.6 Å². The molecule has 0 aliphatic carbocycles. The van der Waals surface area contributed by atoms with E-state index in [0.717, 1.165) is 0 Å². The van der Waals surface area contributed by atoms with Crippen LogP contribution in [-0.2, 0) is 10.4 Å². The average Bonchev–Trinajstić information content (AvgIpc) is 0.722. The summed E-state index contributed by atoms with van der Waals surface area (Å²) < 4.78 is 31.6. The summed E-state index contributed by atoms with van der Waals surface area (Å²) in [6.45, 7) is 0. The minimum atomic E-state index is -4.67. The Morgan fingerprint density at radius 2 is 1.22 bits per heavy atom. The summed E-state index contributed by atoms with van der Waals surface area (Å²) in [7, 11) is -4.67. The maximum Gasteiger partial charge on any atom is 2.00 e. The zero-order valence-electron chi connectivity index (χ0n) is 10.7. The molecule has 0 radical (unpaired) electrons. The quantitative estimate of drug-likeness (QED) is 0.395. The van der Waals surface area contributed by atoms with E-state index >= 15 is 0 Å². The summed E-state index contributed by atoms with van der Waals surface area (Å²) in [6.07, 6.45) is 0. The van der Waals surface area contributed by atoms with E-state index in [-0.39, 0.29) is 120 Å². The van der Waals surface area contributed by atoms with Crippen LogP contribution in [0.4, 0.5) is 0 Å². The Labute approximate surface area is 145 Å². The fraction of sp³-hybridized carbons (Fsp3) is 0. The van der Waals surface area contributed by atoms with Gasteiger partial charge in [-0.3, -0.25) is 9.11 Å². The monoisotopic (exact) mass is 274 g/mol. The summed E-state index contributed by atoms with van der Waals surface area (Å²) >= 11 is 0. The molecule has 4 N–H and O–H groups in total. The van der Waals surface area contributed by atoms with E-state index in [1.54, 1.807) is 0 Å². The fourth-order valence-corrected chi connectivity index (χ4v) is 0. The van der Waals surface area contributed by atoms with Crippen molar-refractivity contribution in [2.75, 3.05) is 0 Å². The molecule has 0 atom stereocenters. The minimum absolute atomic E-state index is 0. The second-order valence-electron chi connectivity index (χ2n) is 0.448. The summed E-state index contributed by atoms with van der Waals surface area (Å²) in [5.74, 6) is 0. The average molecular weight is 274 g/mol. The van der Waals surface area contributed by atoms with Gasteiger partial charge in [0.15, 0.2) is 0 Å². The van der Waals surface area contributed by atoms with Crippen LogP contribution in [0.1, 0.15) is 8.56 Å². The van der Waals surface area contributed by atoms with Gasteiger partial charge in [-0.05, 0) is 0 Å². The predicted octanol–water partition coefficient (Wildman–Crippen LogP) is -1.94. The molecule has 5 nitrogen and oxygen atoms in total. The van der Waals surface area contributed by atoms with Crippen LogP contribution in [0.2, 0.25) is 0 Å². The van der Waals surface area contributed by atoms with Gasteiger partial charge in [0.05, 0.1) is 0 Å². The molecule has 0 aliphatic heterocycles. The normalized spacial score (nSPS) is 6.44. The molecule has 0 heterocycles.